The van der Waals surface area contributed by atoms with E-state index >= 15 is 0 Å². The van der Waals surface area contributed by atoms with E-state index < -0.39 is 29.1 Å². The summed E-state index contributed by atoms with van der Waals surface area (Å²) in [5.74, 6) is -0.730. The highest BCUT2D eigenvalue weighted by molar-refractivity contribution is 6.10. The molecule has 0 saturated carbocycles. The number of unbranched alkanes of at least 4 members (excludes halogenated alkanes) is 1. The Kier molecular flexibility index (Phi) is 8.27. The number of nitrogens with zero attached hydrogens (tertiary/aromatic N) is 2. The Morgan fingerprint density at radius 2 is 1.67 bits per heavy atom. The molecule has 1 aromatic rings. The number of rotatable bonds is 6. The van der Waals surface area contributed by atoms with Crippen LogP contribution in [0, 0.1) is 5.41 Å². The minimum Gasteiger partial charge on any atom is -0.444 e. The molecule has 182 valence electrons. The first kappa shape index (κ1) is 26.4. The summed E-state index contributed by atoms with van der Waals surface area (Å²) in [6.07, 6.45) is 1.20. The van der Waals surface area contributed by atoms with Gasteiger partial charge in [-0.15, -0.1) is 0 Å². The first-order valence-corrected chi connectivity index (χ1v) is 11.5. The van der Waals surface area contributed by atoms with Gasteiger partial charge in [0.2, 0.25) is 5.91 Å². The normalized spacial score (nSPS) is 16.7. The van der Waals surface area contributed by atoms with Crippen molar-refractivity contribution < 1.29 is 23.9 Å². The molecule has 33 heavy (non-hydrogen) atoms. The SMILES string of the molecule is CCCCC(=O)CN1C(=O)C(NC(=O)OC(C)(C)C)CN(C(=O)C(C)(C)C)c2ccccc21. The number of hydrogen-bond acceptors (Lipinski definition) is 5. The molecule has 0 bridgehead atoms. The molecule has 1 N–H and O–H groups in total. The maximum Gasteiger partial charge on any atom is 0.408 e. The van der Waals surface area contributed by atoms with Gasteiger partial charge in [0.05, 0.1) is 24.5 Å². The number of carbonyl (C=O) groups excluding carboxylic acids is 4. The zero-order valence-electron chi connectivity index (χ0n) is 20.9. The highest BCUT2D eigenvalue weighted by Crippen LogP contribution is 2.35. The minimum atomic E-state index is -1.07. The van der Waals surface area contributed by atoms with Crippen LogP contribution in [-0.2, 0) is 19.1 Å². The quantitative estimate of drug-likeness (QED) is 0.692. The van der Waals surface area contributed by atoms with Crippen LogP contribution in [0.5, 0.6) is 0 Å². The second-order valence-electron chi connectivity index (χ2n) is 10.4. The van der Waals surface area contributed by atoms with Gasteiger partial charge in [0.25, 0.3) is 5.91 Å². The van der Waals surface area contributed by atoms with Crippen LogP contribution in [0.4, 0.5) is 16.2 Å². The third-order valence-corrected chi connectivity index (χ3v) is 5.11. The third-order valence-electron chi connectivity index (χ3n) is 5.11. The van der Waals surface area contributed by atoms with Crippen molar-refractivity contribution in [2.24, 2.45) is 5.41 Å². The highest BCUT2D eigenvalue weighted by atomic mass is 16.6. The van der Waals surface area contributed by atoms with Crippen molar-refractivity contribution in [2.75, 3.05) is 22.9 Å². The predicted octanol–water partition coefficient (Wildman–Crippen LogP) is 4.06. The van der Waals surface area contributed by atoms with Crippen molar-refractivity contribution in [1.29, 1.82) is 0 Å². The van der Waals surface area contributed by atoms with Crippen LogP contribution in [0.3, 0.4) is 0 Å². The van der Waals surface area contributed by atoms with Gasteiger partial charge in [0.15, 0.2) is 5.78 Å². The Bertz CT molecular complexity index is 898. The third kappa shape index (κ3) is 7.04. The monoisotopic (exact) mass is 459 g/mol. The van der Waals surface area contributed by atoms with Gasteiger partial charge in [0.1, 0.15) is 11.6 Å². The topological polar surface area (TPSA) is 96.0 Å². The number of anilines is 2. The average molecular weight is 460 g/mol. The van der Waals surface area contributed by atoms with Gasteiger partial charge in [-0.25, -0.2) is 4.79 Å². The molecule has 1 aliphatic rings. The summed E-state index contributed by atoms with van der Waals surface area (Å²) in [5.41, 5.74) is -0.475. The average Bonchev–Trinajstić information content (AvgIpc) is 2.80. The molecule has 0 aromatic heterocycles. The van der Waals surface area contributed by atoms with E-state index in [4.69, 9.17) is 4.74 Å². The molecule has 2 rings (SSSR count). The molecule has 0 fully saturated rings. The molecule has 0 radical (unpaired) electrons. The molecule has 8 nitrogen and oxygen atoms in total. The number of Topliss-reactive ketones (excluding diaryl/α,β-unsaturated/α-hetero) is 1. The molecule has 0 aliphatic carbocycles. The van der Waals surface area contributed by atoms with E-state index in [1.54, 1.807) is 65.8 Å². The first-order chi connectivity index (χ1) is 15.2. The molecular formula is C25H37N3O5. The number of fused-ring (bicyclic) bond motifs is 1. The standard InChI is InChI=1S/C25H37N3O5/c1-8-9-12-17(29)15-27-19-13-10-11-14-20(19)28(22(31)24(2,3)4)16-18(21(27)30)26-23(32)33-25(5,6)7/h10-11,13-14,18H,8-9,12,15-16H2,1-7H3,(H,26,32). The van der Waals surface area contributed by atoms with Gasteiger partial charge < -0.3 is 19.9 Å². The molecule has 1 unspecified atom stereocenters. The number of amides is 3. The number of benzene rings is 1. The maximum absolute atomic E-state index is 13.6. The maximum atomic E-state index is 13.6. The van der Waals surface area contributed by atoms with Crippen molar-refractivity contribution in [1.82, 2.24) is 5.32 Å². The van der Waals surface area contributed by atoms with Gasteiger partial charge in [-0.3, -0.25) is 14.4 Å². The number of alkyl carbamates (subject to hydrolysis) is 1. The van der Waals surface area contributed by atoms with Gasteiger partial charge in [-0.05, 0) is 39.3 Å². The van der Waals surface area contributed by atoms with Gasteiger partial charge in [-0.1, -0.05) is 46.2 Å². The molecule has 3 amide bonds. The first-order valence-electron chi connectivity index (χ1n) is 11.5. The van der Waals surface area contributed by atoms with Gasteiger partial charge in [0, 0.05) is 11.8 Å². The number of ketones is 1. The Hall–Kier alpha value is -2.90. The smallest absolute Gasteiger partial charge is 0.408 e. The molecular weight excluding hydrogens is 422 g/mol. The van der Waals surface area contributed by atoms with E-state index in [0.29, 0.717) is 17.8 Å². The summed E-state index contributed by atoms with van der Waals surface area (Å²) in [6.45, 7) is 12.4. The van der Waals surface area contributed by atoms with Crippen LogP contribution in [0.1, 0.15) is 67.7 Å². The lowest BCUT2D eigenvalue weighted by Gasteiger charge is -2.31. The molecule has 8 heteroatoms. The highest BCUT2D eigenvalue weighted by Gasteiger charge is 2.40. The van der Waals surface area contributed by atoms with E-state index in [1.165, 1.54) is 9.80 Å². The van der Waals surface area contributed by atoms with Crippen molar-refractivity contribution in [2.45, 2.75) is 79.4 Å². The van der Waals surface area contributed by atoms with Crippen molar-refractivity contribution in [3.05, 3.63) is 24.3 Å². The Morgan fingerprint density at radius 1 is 1.06 bits per heavy atom. The van der Waals surface area contributed by atoms with Crippen LogP contribution in [0.15, 0.2) is 24.3 Å². The zero-order valence-corrected chi connectivity index (χ0v) is 20.9. The van der Waals surface area contributed by atoms with Gasteiger partial charge >= 0.3 is 6.09 Å². The van der Waals surface area contributed by atoms with Crippen LogP contribution in [0.2, 0.25) is 0 Å². The van der Waals surface area contributed by atoms with E-state index in [2.05, 4.69) is 5.32 Å². The number of nitrogens with one attached hydrogen (secondary N) is 1. The summed E-state index contributed by atoms with van der Waals surface area (Å²) in [6, 6.07) is 5.95. The Labute approximate surface area is 196 Å². The minimum absolute atomic E-state index is 0.0646. The lowest BCUT2D eigenvalue weighted by Crippen LogP contribution is -2.55. The van der Waals surface area contributed by atoms with E-state index in [1.807, 2.05) is 6.92 Å². The fourth-order valence-electron chi connectivity index (χ4n) is 3.53. The van der Waals surface area contributed by atoms with Crippen LogP contribution in [0.25, 0.3) is 0 Å². The summed E-state index contributed by atoms with van der Waals surface area (Å²) in [4.78, 5) is 55.0. The van der Waals surface area contributed by atoms with E-state index in [9.17, 15) is 19.2 Å². The molecule has 0 saturated heterocycles. The second kappa shape index (κ2) is 10.4. The van der Waals surface area contributed by atoms with Crippen LogP contribution < -0.4 is 15.1 Å². The summed E-state index contributed by atoms with van der Waals surface area (Å²) >= 11 is 0. The van der Waals surface area contributed by atoms with Crippen LogP contribution >= 0.6 is 0 Å². The summed E-state index contributed by atoms with van der Waals surface area (Å²) in [5, 5.41) is 2.63. The van der Waals surface area contributed by atoms with Crippen molar-refractivity contribution in [3.63, 3.8) is 0 Å². The fourth-order valence-corrected chi connectivity index (χ4v) is 3.53. The zero-order chi connectivity index (χ0) is 25.0. The molecule has 1 atom stereocenters. The fraction of sp³-hybridized carbons (Fsp3) is 0.600. The second-order valence-corrected chi connectivity index (χ2v) is 10.4. The van der Waals surface area contributed by atoms with Crippen molar-refractivity contribution in [3.8, 4) is 0 Å². The molecule has 0 spiro atoms. The number of para-hydroxylation sites is 2. The Morgan fingerprint density at radius 3 is 2.21 bits per heavy atom. The lowest BCUT2D eigenvalue weighted by atomic mass is 9.94. The van der Waals surface area contributed by atoms with Crippen molar-refractivity contribution >= 4 is 35.1 Å². The molecule has 1 aliphatic heterocycles. The number of ether oxygens (including phenoxy) is 1. The predicted molar refractivity (Wildman–Crippen MR) is 128 cm³/mol. The summed E-state index contributed by atoms with van der Waals surface area (Å²) in [7, 11) is 0. The molecule has 1 aromatic carbocycles. The van der Waals surface area contributed by atoms with Gasteiger partial charge in [-0.2, -0.15) is 0 Å². The lowest BCUT2D eigenvalue weighted by molar-refractivity contribution is -0.126. The largest absolute Gasteiger partial charge is 0.444 e. The number of hydrogen-bond donors (Lipinski definition) is 1. The summed E-state index contributed by atoms with van der Waals surface area (Å²) < 4.78 is 5.35. The van der Waals surface area contributed by atoms with E-state index in [0.717, 1.165) is 12.8 Å². The molecule has 1 heterocycles. The van der Waals surface area contributed by atoms with E-state index in [-0.39, 0.29) is 24.8 Å². The van der Waals surface area contributed by atoms with Crippen LogP contribution in [-0.4, -0.2) is 48.4 Å². The Balaban J connectivity index is 2.51. The number of carbonyl (C=O) groups is 4.